The van der Waals surface area contributed by atoms with Crippen molar-refractivity contribution < 1.29 is 4.79 Å². The van der Waals surface area contributed by atoms with E-state index < -0.39 is 0 Å². The number of hydrogen-bond donors (Lipinski definition) is 1. The number of aromatic nitrogens is 1. The second kappa shape index (κ2) is 4.23. The lowest BCUT2D eigenvalue weighted by atomic mass is 10.1. The molecule has 82 valence electrons. The average molecular weight is 214 g/mol. The summed E-state index contributed by atoms with van der Waals surface area (Å²) in [5.74, 6) is -0.386. The molecule has 0 aliphatic rings. The van der Waals surface area contributed by atoms with Gasteiger partial charge in [-0.25, -0.2) is 0 Å². The fourth-order valence-corrected chi connectivity index (χ4v) is 1.67. The summed E-state index contributed by atoms with van der Waals surface area (Å²) in [7, 11) is 0. The molecule has 1 aromatic carbocycles. The summed E-state index contributed by atoms with van der Waals surface area (Å²) in [4.78, 5) is 10.9. The Hall–Kier alpha value is -2.03. The number of carbonyl (C=O) groups excluding carboxylic acids is 1. The molecule has 0 radical (unpaired) electrons. The molecular weight excluding hydrogens is 200 g/mol. The van der Waals surface area contributed by atoms with Crippen LogP contribution in [-0.2, 0) is 6.54 Å². The Kier molecular flexibility index (Phi) is 2.77. The monoisotopic (exact) mass is 214 g/mol. The zero-order valence-corrected chi connectivity index (χ0v) is 9.18. The Balaban J connectivity index is 2.21. The highest BCUT2D eigenvalue weighted by molar-refractivity contribution is 5.92. The van der Waals surface area contributed by atoms with Crippen LogP contribution in [0.1, 0.15) is 21.5 Å². The van der Waals surface area contributed by atoms with E-state index in [4.69, 9.17) is 5.73 Å². The van der Waals surface area contributed by atoms with E-state index in [1.54, 1.807) is 12.3 Å². The van der Waals surface area contributed by atoms with Gasteiger partial charge in [0.1, 0.15) is 0 Å². The molecule has 2 rings (SSSR count). The van der Waals surface area contributed by atoms with Gasteiger partial charge in [-0.3, -0.25) is 4.79 Å². The maximum atomic E-state index is 10.9. The highest BCUT2D eigenvalue weighted by Gasteiger charge is 2.03. The van der Waals surface area contributed by atoms with Crippen molar-refractivity contribution in [1.82, 2.24) is 4.57 Å². The Labute approximate surface area is 94.5 Å². The van der Waals surface area contributed by atoms with Gasteiger partial charge in [-0.1, -0.05) is 24.3 Å². The third kappa shape index (κ3) is 2.14. The van der Waals surface area contributed by atoms with Gasteiger partial charge >= 0.3 is 0 Å². The van der Waals surface area contributed by atoms with Gasteiger partial charge < -0.3 is 10.3 Å². The van der Waals surface area contributed by atoms with Crippen LogP contribution in [0, 0.1) is 6.92 Å². The maximum absolute atomic E-state index is 10.9. The summed E-state index contributed by atoms with van der Waals surface area (Å²) in [6.45, 7) is 2.84. The standard InChI is InChI=1S/C13H14N2O/c1-10-4-2-3-5-11(10)8-15-7-6-12(9-15)13(14)16/h2-7,9H,8H2,1H3,(H2,14,16). The molecule has 0 spiro atoms. The molecule has 1 aromatic heterocycles. The predicted octanol–water partition coefficient (Wildman–Crippen LogP) is 1.94. The van der Waals surface area contributed by atoms with E-state index in [-0.39, 0.29) is 5.91 Å². The van der Waals surface area contributed by atoms with E-state index in [0.717, 1.165) is 6.54 Å². The van der Waals surface area contributed by atoms with Crippen molar-refractivity contribution in [3.8, 4) is 0 Å². The molecule has 0 bridgehead atoms. The predicted molar refractivity (Wildman–Crippen MR) is 63.2 cm³/mol. The maximum Gasteiger partial charge on any atom is 0.250 e. The van der Waals surface area contributed by atoms with Gasteiger partial charge in [-0.2, -0.15) is 0 Å². The summed E-state index contributed by atoms with van der Waals surface area (Å²) < 4.78 is 1.96. The molecular formula is C13H14N2O. The lowest BCUT2D eigenvalue weighted by molar-refractivity contribution is 0.100. The summed E-state index contributed by atoms with van der Waals surface area (Å²) in [6.07, 6.45) is 3.64. The van der Waals surface area contributed by atoms with E-state index in [9.17, 15) is 4.79 Å². The normalized spacial score (nSPS) is 10.3. The molecule has 0 saturated heterocycles. The van der Waals surface area contributed by atoms with Crippen molar-refractivity contribution >= 4 is 5.91 Å². The van der Waals surface area contributed by atoms with Crippen LogP contribution >= 0.6 is 0 Å². The Morgan fingerprint density at radius 2 is 2.06 bits per heavy atom. The minimum atomic E-state index is -0.386. The van der Waals surface area contributed by atoms with Crippen LogP contribution in [0.4, 0.5) is 0 Å². The van der Waals surface area contributed by atoms with E-state index in [2.05, 4.69) is 19.1 Å². The highest BCUT2D eigenvalue weighted by Crippen LogP contribution is 2.10. The smallest absolute Gasteiger partial charge is 0.250 e. The topological polar surface area (TPSA) is 48.0 Å². The van der Waals surface area contributed by atoms with Gasteiger partial charge in [-0.05, 0) is 24.1 Å². The minimum Gasteiger partial charge on any atom is -0.366 e. The first-order chi connectivity index (χ1) is 7.66. The molecule has 2 aromatic rings. The van der Waals surface area contributed by atoms with Crippen molar-refractivity contribution in [2.24, 2.45) is 5.73 Å². The third-order valence-electron chi connectivity index (χ3n) is 2.65. The van der Waals surface area contributed by atoms with E-state index in [1.165, 1.54) is 11.1 Å². The number of aryl methyl sites for hydroxylation is 1. The van der Waals surface area contributed by atoms with E-state index in [0.29, 0.717) is 5.56 Å². The lowest BCUT2D eigenvalue weighted by Gasteiger charge is -2.06. The first kappa shape index (κ1) is 10.5. The Bertz CT molecular complexity index is 514. The van der Waals surface area contributed by atoms with Crippen LogP contribution in [0.25, 0.3) is 0 Å². The number of hydrogen-bond acceptors (Lipinski definition) is 1. The van der Waals surface area contributed by atoms with Crippen LogP contribution in [0.2, 0.25) is 0 Å². The fourth-order valence-electron chi connectivity index (χ4n) is 1.67. The third-order valence-corrected chi connectivity index (χ3v) is 2.65. The summed E-state index contributed by atoms with van der Waals surface area (Å²) >= 11 is 0. The molecule has 0 aliphatic heterocycles. The molecule has 0 atom stereocenters. The zero-order chi connectivity index (χ0) is 11.5. The second-order valence-corrected chi connectivity index (χ2v) is 3.86. The average Bonchev–Trinajstić information content (AvgIpc) is 2.70. The number of primary amides is 1. The summed E-state index contributed by atoms with van der Waals surface area (Å²) in [5, 5.41) is 0. The van der Waals surface area contributed by atoms with Gasteiger partial charge in [-0.15, -0.1) is 0 Å². The van der Waals surface area contributed by atoms with Crippen LogP contribution in [0.15, 0.2) is 42.7 Å². The van der Waals surface area contributed by atoms with E-state index >= 15 is 0 Å². The van der Waals surface area contributed by atoms with Gasteiger partial charge in [0.25, 0.3) is 0 Å². The zero-order valence-electron chi connectivity index (χ0n) is 9.18. The number of nitrogens with zero attached hydrogens (tertiary/aromatic N) is 1. The summed E-state index contributed by atoms with van der Waals surface area (Å²) in [5.41, 5.74) is 8.24. The fraction of sp³-hybridized carbons (Fsp3) is 0.154. The van der Waals surface area contributed by atoms with Gasteiger partial charge in [0.2, 0.25) is 5.91 Å². The van der Waals surface area contributed by atoms with Crippen molar-refractivity contribution in [2.45, 2.75) is 13.5 Å². The first-order valence-corrected chi connectivity index (χ1v) is 5.17. The number of nitrogens with two attached hydrogens (primary N) is 1. The first-order valence-electron chi connectivity index (χ1n) is 5.17. The number of benzene rings is 1. The largest absolute Gasteiger partial charge is 0.366 e. The molecule has 16 heavy (non-hydrogen) atoms. The van der Waals surface area contributed by atoms with Gasteiger partial charge in [0.05, 0.1) is 5.56 Å². The number of carbonyl (C=O) groups is 1. The molecule has 3 nitrogen and oxygen atoms in total. The Morgan fingerprint density at radius 1 is 1.31 bits per heavy atom. The van der Waals surface area contributed by atoms with Crippen molar-refractivity contribution in [2.75, 3.05) is 0 Å². The van der Waals surface area contributed by atoms with E-state index in [1.807, 2.05) is 22.9 Å². The molecule has 0 saturated carbocycles. The molecule has 0 unspecified atom stereocenters. The molecule has 2 N–H and O–H groups in total. The van der Waals surface area contributed by atoms with Gasteiger partial charge in [0, 0.05) is 18.9 Å². The van der Waals surface area contributed by atoms with Crippen LogP contribution < -0.4 is 5.73 Å². The summed E-state index contributed by atoms with van der Waals surface area (Å²) in [6, 6.07) is 9.93. The highest BCUT2D eigenvalue weighted by atomic mass is 16.1. The van der Waals surface area contributed by atoms with Crippen LogP contribution in [0.3, 0.4) is 0 Å². The molecule has 0 fully saturated rings. The number of rotatable bonds is 3. The van der Waals surface area contributed by atoms with Crippen molar-refractivity contribution in [3.63, 3.8) is 0 Å². The van der Waals surface area contributed by atoms with Gasteiger partial charge in [0.15, 0.2) is 0 Å². The van der Waals surface area contributed by atoms with Crippen LogP contribution in [0.5, 0.6) is 0 Å². The molecule has 3 heteroatoms. The molecule has 0 aliphatic carbocycles. The number of amides is 1. The lowest BCUT2D eigenvalue weighted by Crippen LogP contribution is -2.09. The van der Waals surface area contributed by atoms with Crippen molar-refractivity contribution in [3.05, 3.63) is 59.4 Å². The SMILES string of the molecule is Cc1ccccc1Cn1ccc(C(N)=O)c1. The second-order valence-electron chi connectivity index (χ2n) is 3.86. The Morgan fingerprint density at radius 3 is 2.69 bits per heavy atom. The molecule has 1 amide bonds. The minimum absolute atomic E-state index is 0.386. The van der Waals surface area contributed by atoms with Crippen molar-refractivity contribution in [1.29, 1.82) is 0 Å². The molecule has 1 heterocycles. The van der Waals surface area contributed by atoms with Crippen LogP contribution in [-0.4, -0.2) is 10.5 Å². The quantitative estimate of drug-likeness (QED) is 0.834.